The first-order valence-electron chi connectivity index (χ1n) is 7.79. The molecule has 1 heterocycles. The van der Waals surface area contributed by atoms with Crippen LogP contribution >= 0.6 is 15.9 Å². The van der Waals surface area contributed by atoms with Gasteiger partial charge in [-0.2, -0.15) is 0 Å². The molecule has 20 heavy (non-hydrogen) atoms. The largest absolute Gasteiger partial charge is 0.378 e. The van der Waals surface area contributed by atoms with Gasteiger partial charge in [-0.05, 0) is 38.5 Å². The number of hydrogen-bond acceptors (Lipinski definition) is 3. The third kappa shape index (κ3) is 4.71. The Balaban J connectivity index is 1.60. The van der Waals surface area contributed by atoms with Crippen molar-refractivity contribution < 1.29 is 14.3 Å². The summed E-state index contributed by atoms with van der Waals surface area (Å²) < 4.78 is 11.3. The van der Waals surface area contributed by atoms with Crippen molar-refractivity contribution in [1.82, 2.24) is 4.90 Å². The van der Waals surface area contributed by atoms with Crippen LogP contribution in [0.1, 0.15) is 39.0 Å². The molecule has 5 heteroatoms. The van der Waals surface area contributed by atoms with Crippen molar-refractivity contribution in [2.45, 2.75) is 51.2 Å². The van der Waals surface area contributed by atoms with Crippen LogP contribution < -0.4 is 0 Å². The van der Waals surface area contributed by atoms with Crippen molar-refractivity contribution in [2.75, 3.05) is 31.6 Å². The third-order valence-corrected chi connectivity index (χ3v) is 4.61. The van der Waals surface area contributed by atoms with E-state index < -0.39 is 0 Å². The summed E-state index contributed by atoms with van der Waals surface area (Å²) in [6.45, 7) is 5.29. The summed E-state index contributed by atoms with van der Waals surface area (Å²) >= 11 is 3.37. The monoisotopic (exact) mass is 347 g/mol. The van der Waals surface area contributed by atoms with Crippen LogP contribution in [-0.4, -0.2) is 54.6 Å². The molecule has 2 rings (SSSR count). The zero-order valence-corrected chi connectivity index (χ0v) is 13.9. The Labute approximate surface area is 130 Å². The van der Waals surface area contributed by atoms with E-state index in [9.17, 15) is 4.79 Å². The Bertz CT molecular complexity index is 299. The van der Waals surface area contributed by atoms with E-state index in [0.29, 0.717) is 30.5 Å². The second kappa shape index (κ2) is 8.35. The summed E-state index contributed by atoms with van der Waals surface area (Å²) in [6.07, 6.45) is 5.52. The number of ether oxygens (including phenoxy) is 2. The second-order valence-corrected chi connectivity index (χ2v) is 6.55. The van der Waals surface area contributed by atoms with E-state index in [0.717, 1.165) is 57.3 Å². The Morgan fingerprint density at radius 3 is 2.50 bits per heavy atom. The molecule has 1 aliphatic carbocycles. The van der Waals surface area contributed by atoms with Crippen LogP contribution in [0.25, 0.3) is 0 Å². The van der Waals surface area contributed by atoms with Gasteiger partial charge >= 0.3 is 0 Å². The molecule has 0 unspecified atom stereocenters. The summed E-state index contributed by atoms with van der Waals surface area (Å²) in [5.41, 5.74) is 0. The number of halogens is 1. The topological polar surface area (TPSA) is 38.8 Å². The van der Waals surface area contributed by atoms with Crippen molar-refractivity contribution in [3.05, 3.63) is 0 Å². The molecule has 0 atom stereocenters. The van der Waals surface area contributed by atoms with Crippen LogP contribution in [0.15, 0.2) is 0 Å². The summed E-state index contributed by atoms with van der Waals surface area (Å²) in [5, 5.41) is 0.884. The molecule has 0 aromatic rings. The Kier molecular flexibility index (Phi) is 6.78. The molecule has 1 aliphatic heterocycles. The fourth-order valence-corrected chi connectivity index (χ4v) is 3.26. The summed E-state index contributed by atoms with van der Waals surface area (Å²) in [7, 11) is 0. The molecule has 1 saturated carbocycles. The van der Waals surface area contributed by atoms with E-state index in [1.807, 2.05) is 11.8 Å². The highest BCUT2D eigenvalue weighted by Crippen LogP contribution is 2.33. The van der Waals surface area contributed by atoms with Crippen molar-refractivity contribution in [3.8, 4) is 0 Å². The number of hydrogen-bond donors (Lipinski definition) is 0. The molecule has 1 saturated heterocycles. The maximum atomic E-state index is 12.2. The second-order valence-electron chi connectivity index (χ2n) is 5.76. The molecule has 0 spiro atoms. The SMILES string of the molecule is CCOC1CC(CC(=O)N2CCC(OCCBr)CC2)C1. The lowest BCUT2D eigenvalue weighted by molar-refractivity contribution is -0.137. The van der Waals surface area contributed by atoms with Gasteiger partial charge in [0.05, 0.1) is 18.8 Å². The van der Waals surface area contributed by atoms with Gasteiger partial charge in [-0.3, -0.25) is 4.79 Å². The molecule has 0 bridgehead atoms. The van der Waals surface area contributed by atoms with Gasteiger partial charge in [-0.1, -0.05) is 15.9 Å². The minimum absolute atomic E-state index is 0.323. The van der Waals surface area contributed by atoms with Gasteiger partial charge in [0.2, 0.25) is 5.91 Å². The molecule has 1 amide bonds. The van der Waals surface area contributed by atoms with E-state index in [2.05, 4.69) is 15.9 Å². The van der Waals surface area contributed by atoms with E-state index in [4.69, 9.17) is 9.47 Å². The maximum Gasteiger partial charge on any atom is 0.222 e. The first-order chi connectivity index (χ1) is 9.72. The number of carbonyl (C=O) groups is 1. The van der Waals surface area contributed by atoms with Gasteiger partial charge in [0.25, 0.3) is 0 Å². The van der Waals surface area contributed by atoms with Gasteiger partial charge in [0, 0.05) is 31.4 Å². The highest BCUT2D eigenvalue weighted by molar-refractivity contribution is 9.09. The van der Waals surface area contributed by atoms with Gasteiger partial charge in [0.15, 0.2) is 0 Å². The first kappa shape index (κ1) is 16.2. The average molecular weight is 348 g/mol. The number of rotatable bonds is 7. The highest BCUT2D eigenvalue weighted by Gasteiger charge is 2.33. The summed E-state index contributed by atoms with van der Waals surface area (Å²) in [5.74, 6) is 0.866. The third-order valence-electron chi connectivity index (χ3n) is 4.28. The minimum atomic E-state index is 0.323. The minimum Gasteiger partial charge on any atom is -0.378 e. The highest BCUT2D eigenvalue weighted by atomic mass is 79.9. The molecular weight excluding hydrogens is 322 g/mol. The number of piperidine rings is 1. The van der Waals surface area contributed by atoms with Crippen molar-refractivity contribution >= 4 is 21.8 Å². The van der Waals surface area contributed by atoms with Crippen LogP contribution in [0, 0.1) is 5.92 Å². The van der Waals surface area contributed by atoms with Crippen LogP contribution in [0.3, 0.4) is 0 Å². The molecule has 0 radical (unpaired) electrons. The Morgan fingerprint density at radius 2 is 1.90 bits per heavy atom. The van der Waals surface area contributed by atoms with Gasteiger partial charge in [0.1, 0.15) is 0 Å². The fourth-order valence-electron chi connectivity index (χ4n) is 3.07. The van der Waals surface area contributed by atoms with Crippen LogP contribution in [-0.2, 0) is 14.3 Å². The van der Waals surface area contributed by atoms with Gasteiger partial charge in [-0.15, -0.1) is 0 Å². The van der Waals surface area contributed by atoms with Crippen LogP contribution in [0.2, 0.25) is 0 Å². The predicted molar refractivity (Wildman–Crippen MR) is 82.1 cm³/mol. The molecule has 0 N–H and O–H groups in total. The lowest BCUT2D eigenvalue weighted by Crippen LogP contribution is -2.43. The number of carbonyl (C=O) groups excluding carboxylic acids is 1. The van der Waals surface area contributed by atoms with E-state index in [1.165, 1.54) is 0 Å². The lowest BCUT2D eigenvalue weighted by atomic mass is 9.79. The zero-order chi connectivity index (χ0) is 14.4. The summed E-state index contributed by atoms with van der Waals surface area (Å²) in [6, 6.07) is 0. The molecule has 2 fully saturated rings. The normalized spacial score (nSPS) is 27.4. The smallest absolute Gasteiger partial charge is 0.222 e. The number of nitrogens with zero attached hydrogens (tertiary/aromatic N) is 1. The Hall–Kier alpha value is -0.130. The standard InChI is InChI=1S/C15H26BrNO3/c1-2-19-14-9-12(10-14)11-15(18)17-6-3-13(4-7-17)20-8-5-16/h12-14H,2-11H2,1H3. The molecular formula is C15H26BrNO3. The van der Waals surface area contributed by atoms with Crippen molar-refractivity contribution in [2.24, 2.45) is 5.92 Å². The van der Waals surface area contributed by atoms with E-state index in [1.54, 1.807) is 0 Å². The van der Waals surface area contributed by atoms with Crippen molar-refractivity contribution in [3.63, 3.8) is 0 Å². The number of alkyl halides is 1. The average Bonchev–Trinajstić information content (AvgIpc) is 2.43. The van der Waals surface area contributed by atoms with Gasteiger partial charge < -0.3 is 14.4 Å². The van der Waals surface area contributed by atoms with E-state index in [-0.39, 0.29) is 0 Å². The van der Waals surface area contributed by atoms with Crippen LogP contribution in [0.4, 0.5) is 0 Å². The van der Waals surface area contributed by atoms with Crippen LogP contribution in [0.5, 0.6) is 0 Å². The molecule has 0 aromatic carbocycles. The molecule has 4 nitrogen and oxygen atoms in total. The summed E-state index contributed by atoms with van der Waals surface area (Å²) in [4.78, 5) is 14.2. The van der Waals surface area contributed by atoms with Crippen molar-refractivity contribution in [1.29, 1.82) is 0 Å². The quantitative estimate of drug-likeness (QED) is 0.664. The first-order valence-corrected chi connectivity index (χ1v) is 8.92. The zero-order valence-electron chi connectivity index (χ0n) is 12.4. The van der Waals surface area contributed by atoms with Gasteiger partial charge in [-0.25, -0.2) is 0 Å². The molecule has 2 aliphatic rings. The Morgan fingerprint density at radius 1 is 1.20 bits per heavy atom. The number of likely N-dealkylation sites (tertiary alicyclic amines) is 1. The number of amides is 1. The van der Waals surface area contributed by atoms with E-state index >= 15 is 0 Å². The predicted octanol–water partition coefficient (Wildman–Crippen LogP) is 2.59. The fraction of sp³-hybridized carbons (Fsp3) is 0.933. The molecule has 116 valence electrons. The molecule has 0 aromatic heterocycles. The lowest BCUT2D eigenvalue weighted by Gasteiger charge is -2.37. The maximum absolute atomic E-state index is 12.2.